The Balaban J connectivity index is 1.75. The molecule has 0 saturated heterocycles. The fraction of sp³-hybridized carbons (Fsp3) is 0.250. The predicted molar refractivity (Wildman–Crippen MR) is 72.5 cm³/mol. The van der Waals surface area contributed by atoms with E-state index in [-0.39, 0.29) is 6.04 Å². The van der Waals surface area contributed by atoms with Crippen LogP contribution in [-0.2, 0) is 6.54 Å². The number of rotatable bonds is 3. The van der Waals surface area contributed by atoms with Gasteiger partial charge >= 0.3 is 0 Å². The van der Waals surface area contributed by atoms with Crippen LogP contribution < -0.4 is 10.1 Å². The molecule has 4 heteroatoms. The Bertz CT molecular complexity index is 615. The Labute approximate surface area is 116 Å². The van der Waals surface area contributed by atoms with Gasteiger partial charge in [0.1, 0.15) is 5.75 Å². The summed E-state index contributed by atoms with van der Waals surface area (Å²) in [6.45, 7) is 0.920. The van der Waals surface area contributed by atoms with Crippen LogP contribution in [0.2, 0.25) is 0 Å². The maximum absolute atomic E-state index is 13.6. The number of nitrogens with one attached hydrogen (secondary N) is 1. The minimum Gasteiger partial charge on any atom is -0.493 e. The minimum atomic E-state index is -0.809. The standard InChI is InChI=1S/C16H15F2NO/c17-13-6-3-4-11(16(13)18)10-19-14-8-9-20-15-7-2-1-5-12(14)15/h1-7,14,19H,8-10H2. The molecule has 0 amide bonds. The van der Waals surface area contributed by atoms with E-state index in [4.69, 9.17) is 4.74 Å². The quantitative estimate of drug-likeness (QED) is 0.924. The van der Waals surface area contributed by atoms with Crippen molar-refractivity contribution in [2.24, 2.45) is 0 Å². The van der Waals surface area contributed by atoms with Crippen LogP contribution in [0, 0.1) is 11.6 Å². The third-order valence-electron chi connectivity index (χ3n) is 3.53. The molecule has 2 aromatic rings. The highest BCUT2D eigenvalue weighted by Gasteiger charge is 2.20. The molecule has 1 aliphatic rings. The number of hydrogen-bond donors (Lipinski definition) is 1. The summed E-state index contributed by atoms with van der Waals surface area (Å²) in [6, 6.07) is 12.1. The lowest BCUT2D eigenvalue weighted by atomic mass is 10.0. The zero-order valence-corrected chi connectivity index (χ0v) is 10.9. The molecule has 2 aromatic carbocycles. The Morgan fingerprint density at radius 3 is 2.85 bits per heavy atom. The van der Waals surface area contributed by atoms with E-state index >= 15 is 0 Å². The molecule has 20 heavy (non-hydrogen) atoms. The van der Waals surface area contributed by atoms with E-state index in [1.54, 1.807) is 6.07 Å². The molecule has 104 valence electrons. The first-order valence-electron chi connectivity index (χ1n) is 6.63. The fourth-order valence-corrected chi connectivity index (χ4v) is 2.47. The van der Waals surface area contributed by atoms with Gasteiger partial charge in [-0.25, -0.2) is 8.78 Å². The largest absolute Gasteiger partial charge is 0.493 e. The first-order chi connectivity index (χ1) is 9.75. The van der Waals surface area contributed by atoms with Crippen molar-refractivity contribution in [3.05, 3.63) is 65.2 Å². The van der Waals surface area contributed by atoms with Crippen molar-refractivity contribution >= 4 is 0 Å². The van der Waals surface area contributed by atoms with E-state index in [1.807, 2.05) is 24.3 Å². The molecule has 0 fully saturated rings. The number of hydrogen-bond acceptors (Lipinski definition) is 2. The highest BCUT2D eigenvalue weighted by Crippen LogP contribution is 2.31. The molecule has 1 aliphatic heterocycles. The topological polar surface area (TPSA) is 21.3 Å². The molecular weight excluding hydrogens is 260 g/mol. The third-order valence-corrected chi connectivity index (χ3v) is 3.53. The van der Waals surface area contributed by atoms with Crippen LogP contribution in [0.4, 0.5) is 8.78 Å². The second-order valence-corrected chi connectivity index (χ2v) is 4.82. The van der Waals surface area contributed by atoms with Gasteiger partial charge in [0.05, 0.1) is 6.61 Å². The van der Waals surface area contributed by atoms with Crippen molar-refractivity contribution < 1.29 is 13.5 Å². The lowest BCUT2D eigenvalue weighted by molar-refractivity contribution is 0.252. The van der Waals surface area contributed by atoms with E-state index < -0.39 is 11.6 Å². The van der Waals surface area contributed by atoms with Crippen LogP contribution in [-0.4, -0.2) is 6.61 Å². The van der Waals surface area contributed by atoms with Crippen LogP contribution in [0.15, 0.2) is 42.5 Å². The van der Waals surface area contributed by atoms with Gasteiger partial charge in [-0.2, -0.15) is 0 Å². The van der Waals surface area contributed by atoms with E-state index in [1.165, 1.54) is 6.07 Å². The van der Waals surface area contributed by atoms with Crippen molar-refractivity contribution in [3.63, 3.8) is 0 Å². The molecule has 3 rings (SSSR count). The van der Waals surface area contributed by atoms with Crippen molar-refractivity contribution in [3.8, 4) is 5.75 Å². The fourth-order valence-electron chi connectivity index (χ4n) is 2.47. The minimum absolute atomic E-state index is 0.0996. The van der Waals surface area contributed by atoms with Gasteiger partial charge in [0, 0.05) is 30.1 Å². The number of ether oxygens (including phenoxy) is 1. The molecule has 0 aromatic heterocycles. The highest BCUT2D eigenvalue weighted by atomic mass is 19.2. The van der Waals surface area contributed by atoms with E-state index in [9.17, 15) is 8.78 Å². The number of benzene rings is 2. The first kappa shape index (κ1) is 13.1. The normalized spacial score (nSPS) is 17.4. The summed E-state index contributed by atoms with van der Waals surface area (Å²) < 4.78 is 32.3. The van der Waals surface area contributed by atoms with Crippen molar-refractivity contribution in [1.29, 1.82) is 0 Å². The Hall–Kier alpha value is -1.94. The van der Waals surface area contributed by atoms with Gasteiger partial charge < -0.3 is 10.1 Å². The van der Waals surface area contributed by atoms with Crippen LogP contribution >= 0.6 is 0 Å². The molecule has 0 aliphatic carbocycles. The van der Waals surface area contributed by atoms with Crippen molar-refractivity contribution in [2.45, 2.75) is 19.0 Å². The van der Waals surface area contributed by atoms with Gasteiger partial charge in [-0.1, -0.05) is 30.3 Å². The summed E-state index contributed by atoms with van der Waals surface area (Å²) in [5, 5.41) is 3.28. The monoisotopic (exact) mass is 275 g/mol. The molecule has 0 radical (unpaired) electrons. The van der Waals surface area contributed by atoms with Gasteiger partial charge in [0.2, 0.25) is 0 Å². The van der Waals surface area contributed by atoms with Gasteiger partial charge in [-0.15, -0.1) is 0 Å². The maximum Gasteiger partial charge on any atom is 0.163 e. The molecule has 1 N–H and O–H groups in total. The second-order valence-electron chi connectivity index (χ2n) is 4.82. The average Bonchev–Trinajstić information content (AvgIpc) is 2.49. The summed E-state index contributed by atoms with van der Waals surface area (Å²) in [6.07, 6.45) is 0.813. The van der Waals surface area contributed by atoms with E-state index in [0.717, 1.165) is 23.8 Å². The van der Waals surface area contributed by atoms with Crippen molar-refractivity contribution in [2.75, 3.05) is 6.61 Å². The maximum atomic E-state index is 13.6. The summed E-state index contributed by atoms with van der Waals surface area (Å²) in [7, 11) is 0. The summed E-state index contributed by atoms with van der Waals surface area (Å²) in [4.78, 5) is 0. The van der Waals surface area contributed by atoms with Crippen molar-refractivity contribution in [1.82, 2.24) is 5.32 Å². The highest BCUT2D eigenvalue weighted by molar-refractivity contribution is 5.37. The third kappa shape index (κ3) is 2.51. The van der Waals surface area contributed by atoms with Gasteiger partial charge in [-0.3, -0.25) is 0 Å². The molecule has 1 atom stereocenters. The molecule has 0 bridgehead atoms. The number of halogens is 2. The van der Waals surface area contributed by atoms with E-state index in [2.05, 4.69) is 5.32 Å². The van der Waals surface area contributed by atoms with Crippen LogP contribution in [0.25, 0.3) is 0 Å². The first-order valence-corrected chi connectivity index (χ1v) is 6.63. The Kier molecular flexibility index (Phi) is 3.65. The summed E-state index contributed by atoms with van der Waals surface area (Å²) >= 11 is 0. The zero-order chi connectivity index (χ0) is 13.9. The Morgan fingerprint density at radius 1 is 1.10 bits per heavy atom. The smallest absolute Gasteiger partial charge is 0.163 e. The summed E-state index contributed by atoms with van der Waals surface area (Å²) in [5.74, 6) is -0.729. The molecule has 0 saturated carbocycles. The molecule has 1 heterocycles. The lowest BCUT2D eigenvalue weighted by Gasteiger charge is -2.26. The predicted octanol–water partition coefficient (Wildman–Crippen LogP) is 3.58. The molecule has 2 nitrogen and oxygen atoms in total. The van der Waals surface area contributed by atoms with Crippen LogP contribution in [0.5, 0.6) is 5.75 Å². The SMILES string of the molecule is Fc1cccc(CNC2CCOc3ccccc32)c1F. The number of para-hydroxylation sites is 1. The van der Waals surface area contributed by atoms with Gasteiger partial charge in [-0.05, 0) is 12.1 Å². The number of fused-ring (bicyclic) bond motifs is 1. The van der Waals surface area contributed by atoms with E-state index in [0.29, 0.717) is 18.7 Å². The zero-order valence-electron chi connectivity index (χ0n) is 10.9. The molecule has 0 spiro atoms. The molecular formula is C16H15F2NO. The lowest BCUT2D eigenvalue weighted by Crippen LogP contribution is -2.27. The van der Waals surface area contributed by atoms with Gasteiger partial charge in [0.25, 0.3) is 0 Å². The van der Waals surface area contributed by atoms with Crippen LogP contribution in [0.3, 0.4) is 0 Å². The summed E-state index contributed by atoms with van der Waals surface area (Å²) in [5.41, 5.74) is 1.41. The Morgan fingerprint density at radius 2 is 1.95 bits per heavy atom. The molecule has 1 unspecified atom stereocenters. The van der Waals surface area contributed by atoms with Gasteiger partial charge in [0.15, 0.2) is 11.6 Å². The van der Waals surface area contributed by atoms with Crippen LogP contribution in [0.1, 0.15) is 23.6 Å². The average molecular weight is 275 g/mol. The second kappa shape index (κ2) is 5.59.